The number of nitrogens with zero attached hydrogens (tertiary/aromatic N) is 1. The molecule has 3 nitrogen and oxygen atoms in total. The van der Waals surface area contributed by atoms with Crippen LogP contribution in [-0.2, 0) is 10.9 Å². The average molecular weight is 398 g/mol. The Balaban J connectivity index is 1.94. The monoisotopic (exact) mass is 397 g/mol. The molecule has 0 spiro atoms. The summed E-state index contributed by atoms with van der Waals surface area (Å²) in [6, 6.07) is 9.58. The van der Waals surface area contributed by atoms with Crippen LogP contribution in [0.4, 0.5) is 13.2 Å². The highest BCUT2D eigenvalue weighted by Gasteiger charge is 2.30. The molecule has 2 aromatic rings. The molecule has 24 heavy (non-hydrogen) atoms. The Labute approximate surface area is 144 Å². The van der Waals surface area contributed by atoms with Gasteiger partial charge >= 0.3 is 6.18 Å². The van der Waals surface area contributed by atoms with Gasteiger partial charge in [-0.05, 0) is 36.4 Å². The van der Waals surface area contributed by atoms with E-state index in [1.807, 2.05) is 0 Å². The molecule has 7 heteroatoms. The van der Waals surface area contributed by atoms with E-state index in [0.29, 0.717) is 16.8 Å². The Morgan fingerprint density at radius 2 is 1.79 bits per heavy atom. The van der Waals surface area contributed by atoms with Crippen molar-refractivity contribution in [3.63, 3.8) is 0 Å². The van der Waals surface area contributed by atoms with Crippen LogP contribution in [0.25, 0.3) is 5.70 Å². The standard InChI is InChI=1S/C17H11BrF3NO2/c18-12-5-6-15(23)13(9-12)16-22-14(7-8-24-16)10-1-3-11(4-2-10)17(19,20)21/h1-7,9,23H,8H2. The van der Waals surface area contributed by atoms with Crippen molar-refractivity contribution < 1.29 is 23.0 Å². The first-order chi connectivity index (χ1) is 11.3. The zero-order valence-electron chi connectivity index (χ0n) is 12.1. The number of alkyl halides is 3. The zero-order valence-corrected chi connectivity index (χ0v) is 13.7. The van der Waals surface area contributed by atoms with Crippen LogP contribution >= 0.6 is 15.9 Å². The Morgan fingerprint density at radius 3 is 2.46 bits per heavy atom. The van der Waals surface area contributed by atoms with E-state index >= 15 is 0 Å². The Kier molecular flexibility index (Phi) is 4.36. The van der Waals surface area contributed by atoms with E-state index in [2.05, 4.69) is 20.9 Å². The number of aliphatic imine (C=N–C) groups is 1. The van der Waals surface area contributed by atoms with Crippen molar-refractivity contribution >= 4 is 27.5 Å². The van der Waals surface area contributed by atoms with Gasteiger partial charge in [-0.15, -0.1) is 0 Å². The second kappa shape index (κ2) is 6.32. The molecule has 3 rings (SSSR count). The summed E-state index contributed by atoms with van der Waals surface area (Å²) in [4.78, 5) is 4.31. The lowest BCUT2D eigenvalue weighted by Gasteiger charge is -2.16. The summed E-state index contributed by atoms with van der Waals surface area (Å²) in [6.45, 7) is 0.209. The van der Waals surface area contributed by atoms with Crippen LogP contribution in [0, 0.1) is 0 Å². The van der Waals surface area contributed by atoms with Gasteiger partial charge in [-0.2, -0.15) is 13.2 Å². The second-order valence-electron chi connectivity index (χ2n) is 5.05. The highest BCUT2D eigenvalue weighted by atomic mass is 79.9. The topological polar surface area (TPSA) is 41.8 Å². The van der Waals surface area contributed by atoms with E-state index in [1.165, 1.54) is 18.2 Å². The van der Waals surface area contributed by atoms with Crippen LogP contribution in [0.3, 0.4) is 0 Å². The summed E-state index contributed by atoms with van der Waals surface area (Å²) in [5.41, 5.74) is 0.720. The van der Waals surface area contributed by atoms with Gasteiger partial charge in [0.15, 0.2) is 0 Å². The molecular weight excluding hydrogens is 387 g/mol. The molecule has 124 valence electrons. The summed E-state index contributed by atoms with van der Waals surface area (Å²) >= 11 is 3.31. The third-order valence-electron chi connectivity index (χ3n) is 3.42. The quantitative estimate of drug-likeness (QED) is 0.775. The number of ether oxygens (including phenoxy) is 1. The molecule has 0 fully saturated rings. The van der Waals surface area contributed by atoms with Crippen molar-refractivity contribution in [1.82, 2.24) is 0 Å². The fourth-order valence-corrected chi connectivity index (χ4v) is 2.58. The van der Waals surface area contributed by atoms with Gasteiger partial charge in [0.2, 0.25) is 5.90 Å². The molecule has 0 amide bonds. The normalized spacial score (nSPS) is 14.7. The minimum atomic E-state index is -4.38. The first-order valence-electron chi connectivity index (χ1n) is 6.93. The first kappa shape index (κ1) is 16.6. The maximum Gasteiger partial charge on any atom is 0.416 e. The van der Waals surface area contributed by atoms with Gasteiger partial charge in [0.05, 0.1) is 16.8 Å². The van der Waals surface area contributed by atoms with E-state index in [4.69, 9.17) is 4.74 Å². The molecule has 0 saturated heterocycles. The van der Waals surface area contributed by atoms with E-state index in [9.17, 15) is 18.3 Å². The van der Waals surface area contributed by atoms with Crippen LogP contribution in [0.15, 0.2) is 58.0 Å². The van der Waals surface area contributed by atoms with Gasteiger partial charge in [0.25, 0.3) is 0 Å². The summed E-state index contributed by atoms with van der Waals surface area (Å²) in [5.74, 6) is 0.219. The number of phenolic OH excluding ortho intramolecular Hbond substituents is 1. The summed E-state index contributed by atoms with van der Waals surface area (Å²) in [7, 11) is 0. The fraction of sp³-hybridized carbons (Fsp3) is 0.118. The number of rotatable bonds is 2. The summed E-state index contributed by atoms with van der Waals surface area (Å²) < 4.78 is 44.1. The molecule has 1 N–H and O–H groups in total. The predicted octanol–water partition coefficient (Wildman–Crippen LogP) is 4.99. The molecular formula is C17H11BrF3NO2. The molecule has 1 aliphatic rings. The van der Waals surface area contributed by atoms with Crippen molar-refractivity contribution in [2.45, 2.75) is 6.18 Å². The maximum absolute atomic E-state index is 12.6. The van der Waals surface area contributed by atoms with Gasteiger partial charge in [-0.3, -0.25) is 0 Å². The minimum absolute atomic E-state index is 0.00520. The van der Waals surface area contributed by atoms with Crippen LogP contribution in [0.2, 0.25) is 0 Å². The van der Waals surface area contributed by atoms with E-state index in [1.54, 1.807) is 18.2 Å². The van der Waals surface area contributed by atoms with Crippen LogP contribution in [0.1, 0.15) is 16.7 Å². The molecule has 0 aromatic heterocycles. The van der Waals surface area contributed by atoms with Gasteiger partial charge < -0.3 is 9.84 Å². The van der Waals surface area contributed by atoms with Crippen molar-refractivity contribution in [1.29, 1.82) is 0 Å². The van der Waals surface area contributed by atoms with Crippen LogP contribution in [-0.4, -0.2) is 17.6 Å². The maximum atomic E-state index is 12.6. The molecule has 2 aromatic carbocycles. The van der Waals surface area contributed by atoms with Gasteiger partial charge in [0.1, 0.15) is 12.4 Å². The SMILES string of the molecule is Oc1ccc(Br)cc1C1=NC(c2ccc(C(F)(F)F)cc2)=CCO1. The largest absolute Gasteiger partial charge is 0.507 e. The van der Waals surface area contributed by atoms with Crippen molar-refractivity contribution in [3.8, 4) is 5.75 Å². The Morgan fingerprint density at radius 1 is 1.08 bits per heavy atom. The molecule has 0 saturated carbocycles. The van der Waals surface area contributed by atoms with Crippen molar-refractivity contribution in [2.24, 2.45) is 4.99 Å². The number of halogens is 4. The lowest BCUT2D eigenvalue weighted by molar-refractivity contribution is -0.137. The summed E-state index contributed by atoms with van der Waals surface area (Å²) in [5, 5.41) is 9.94. The molecule has 0 aliphatic carbocycles. The number of hydrogen-bond acceptors (Lipinski definition) is 3. The van der Waals surface area contributed by atoms with Crippen molar-refractivity contribution in [3.05, 3.63) is 69.7 Å². The van der Waals surface area contributed by atoms with Gasteiger partial charge in [-0.1, -0.05) is 28.1 Å². The second-order valence-corrected chi connectivity index (χ2v) is 5.97. The first-order valence-corrected chi connectivity index (χ1v) is 7.72. The van der Waals surface area contributed by atoms with E-state index in [-0.39, 0.29) is 18.3 Å². The smallest absolute Gasteiger partial charge is 0.416 e. The number of phenols is 1. The van der Waals surface area contributed by atoms with Crippen molar-refractivity contribution in [2.75, 3.05) is 6.61 Å². The summed E-state index contributed by atoms with van der Waals surface area (Å²) in [6.07, 6.45) is -2.71. The average Bonchev–Trinajstić information content (AvgIpc) is 2.56. The molecule has 0 unspecified atom stereocenters. The minimum Gasteiger partial charge on any atom is -0.507 e. The van der Waals surface area contributed by atoms with Gasteiger partial charge in [-0.25, -0.2) is 4.99 Å². The lowest BCUT2D eigenvalue weighted by Crippen LogP contribution is -2.12. The third-order valence-corrected chi connectivity index (χ3v) is 3.91. The van der Waals surface area contributed by atoms with Crippen LogP contribution < -0.4 is 0 Å². The molecule has 0 bridgehead atoms. The van der Waals surface area contributed by atoms with E-state index in [0.717, 1.165) is 16.6 Å². The molecule has 0 radical (unpaired) electrons. The predicted molar refractivity (Wildman–Crippen MR) is 87.7 cm³/mol. The zero-order chi connectivity index (χ0) is 17.3. The lowest BCUT2D eigenvalue weighted by atomic mass is 10.1. The highest BCUT2D eigenvalue weighted by Crippen LogP contribution is 2.31. The van der Waals surface area contributed by atoms with Gasteiger partial charge in [0, 0.05) is 10.0 Å². The highest BCUT2D eigenvalue weighted by molar-refractivity contribution is 9.10. The molecule has 1 aliphatic heterocycles. The fourth-order valence-electron chi connectivity index (χ4n) is 2.22. The number of aromatic hydroxyl groups is 1. The Hall–Kier alpha value is -2.28. The molecule has 0 atom stereocenters. The van der Waals surface area contributed by atoms with Crippen LogP contribution in [0.5, 0.6) is 5.75 Å². The Bertz CT molecular complexity index is 827. The number of benzene rings is 2. The van der Waals surface area contributed by atoms with E-state index < -0.39 is 11.7 Å². The third kappa shape index (κ3) is 3.46. The number of hydrogen-bond donors (Lipinski definition) is 1. The molecule has 1 heterocycles.